The van der Waals surface area contributed by atoms with Crippen LogP contribution in [0.5, 0.6) is 5.75 Å². The standard InChI is InChI=1S/C15H19N3O2/c1-11(2)16-9-12-8-15(19)18-14(17-12)10-20-13-6-4-3-5-7-13/h3-8,11,16H,9-10H2,1-2H3,(H,17,18,19). The number of hydrogen-bond donors (Lipinski definition) is 2. The Labute approximate surface area is 118 Å². The minimum atomic E-state index is -0.160. The summed E-state index contributed by atoms with van der Waals surface area (Å²) in [6.07, 6.45) is 0. The lowest BCUT2D eigenvalue weighted by atomic mass is 10.3. The van der Waals surface area contributed by atoms with Gasteiger partial charge in [0.15, 0.2) is 0 Å². The lowest BCUT2D eigenvalue weighted by Crippen LogP contribution is -2.24. The summed E-state index contributed by atoms with van der Waals surface area (Å²) in [6, 6.07) is 11.3. The second-order valence-corrected chi connectivity index (χ2v) is 4.82. The molecule has 1 heterocycles. The molecule has 1 aromatic carbocycles. The van der Waals surface area contributed by atoms with Gasteiger partial charge in [-0.3, -0.25) is 4.79 Å². The Bertz CT molecular complexity index is 594. The van der Waals surface area contributed by atoms with Crippen LogP contribution in [0.4, 0.5) is 0 Å². The first-order chi connectivity index (χ1) is 9.63. The maximum atomic E-state index is 11.6. The second kappa shape index (κ2) is 6.86. The van der Waals surface area contributed by atoms with Crippen LogP contribution in [0, 0.1) is 0 Å². The molecule has 0 radical (unpaired) electrons. The summed E-state index contributed by atoms with van der Waals surface area (Å²) in [6.45, 7) is 4.91. The molecule has 0 aliphatic carbocycles. The zero-order chi connectivity index (χ0) is 14.4. The van der Waals surface area contributed by atoms with Crippen molar-refractivity contribution in [2.75, 3.05) is 0 Å². The van der Waals surface area contributed by atoms with Crippen LogP contribution in [0.2, 0.25) is 0 Å². The van der Waals surface area contributed by atoms with Gasteiger partial charge in [0.1, 0.15) is 18.2 Å². The van der Waals surface area contributed by atoms with Crippen molar-refractivity contribution in [1.29, 1.82) is 0 Å². The predicted molar refractivity (Wildman–Crippen MR) is 77.6 cm³/mol. The Morgan fingerprint density at radius 2 is 2.05 bits per heavy atom. The predicted octanol–water partition coefficient (Wildman–Crippen LogP) is 1.85. The van der Waals surface area contributed by atoms with Crippen LogP contribution >= 0.6 is 0 Å². The van der Waals surface area contributed by atoms with Gasteiger partial charge in [0, 0.05) is 18.7 Å². The van der Waals surface area contributed by atoms with Gasteiger partial charge < -0.3 is 15.0 Å². The van der Waals surface area contributed by atoms with Gasteiger partial charge in [0.25, 0.3) is 5.56 Å². The molecule has 20 heavy (non-hydrogen) atoms. The average molecular weight is 273 g/mol. The number of benzene rings is 1. The summed E-state index contributed by atoms with van der Waals surface area (Å²) in [4.78, 5) is 18.7. The molecule has 2 aromatic rings. The van der Waals surface area contributed by atoms with Crippen LogP contribution in [0.1, 0.15) is 25.4 Å². The van der Waals surface area contributed by atoms with Crippen molar-refractivity contribution in [2.24, 2.45) is 0 Å². The van der Waals surface area contributed by atoms with Crippen LogP contribution < -0.4 is 15.6 Å². The van der Waals surface area contributed by atoms with Gasteiger partial charge in [-0.05, 0) is 12.1 Å². The normalized spacial score (nSPS) is 10.8. The van der Waals surface area contributed by atoms with Crippen LogP contribution in [0.3, 0.4) is 0 Å². The molecule has 1 aromatic heterocycles. The van der Waals surface area contributed by atoms with Gasteiger partial charge in [-0.25, -0.2) is 4.98 Å². The van der Waals surface area contributed by atoms with Crippen molar-refractivity contribution in [3.05, 3.63) is 58.3 Å². The molecular weight excluding hydrogens is 254 g/mol. The van der Waals surface area contributed by atoms with Crippen molar-refractivity contribution >= 4 is 0 Å². The lowest BCUT2D eigenvalue weighted by Gasteiger charge is -2.09. The Morgan fingerprint density at radius 1 is 1.30 bits per heavy atom. The number of nitrogens with one attached hydrogen (secondary N) is 2. The highest BCUT2D eigenvalue weighted by Gasteiger charge is 2.03. The van der Waals surface area contributed by atoms with Crippen molar-refractivity contribution in [1.82, 2.24) is 15.3 Å². The molecule has 5 heteroatoms. The lowest BCUT2D eigenvalue weighted by molar-refractivity contribution is 0.294. The molecule has 0 aliphatic rings. The summed E-state index contributed by atoms with van der Waals surface area (Å²) in [5.41, 5.74) is 0.557. The van der Waals surface area contributed by atoms with E-state index in [1.165, 1.54) is 6.07 Å². The largest absolute Gasteiger partial charge is 0.486 e. The fraction of sp³-hybridized carbons (Fsp3) is 0.333. The molecule has 0 bridgehead atoms. The molecule has 2 N–H and O–H groups in total. The molecule has 0 saturated carbocycles. The first kappa shape index (κ1) is 14.3. The van der Waals surface area contributed by atoms with Crippen LogP contribution in [-0.4, -0.2) is 16.0 Å². The molecule has 0 spiro atoms. The smallest absolute Gasteiger partial charge is 0.251 e. The van der Waals surface area contributed by atoms with Gasteiger partial charge in [-0.2, -0.15) is 0 Å². The average Bonchev–Trinajstić information content (AvgIpc) is 2.44. The quantitative estimate of drug-likeness (QED) is 0.843. The minimum Gasteiger partial charge on any atom is -0.486 e. The van der Waals surface area contributed by atoms with E-state index >= 15 is 0 Å². The number of H-pyrrole nitrogens is 1. The fourth-order valence-electron chi connectivity index (χ4n) is 1.70. The van der Waals surface area contributed by atoms with Crippen molar-refractivity contribution in [2.45, 2.75) is 33.0 Å². The van der Waals surface area contributed by atoms with E-state index in [9.17, 15) is 4.79 Å². The van der Waals surface area contributed by atoms with E-state index < -0.39 is 0 Å². The first-order valence-corrected chi connectivity index (χ1v) is 6.64. The third kappa shape index (κ3) is 4.51. The van der Waals surface area contributed by atoms with E-state index in [0.717, 1.165) is 5.75 Å². The number of para-hydroxylation sites is 1. The summed E-state index contributed by atoms with van der Waals surface area (Å²) >= 11 is 0. The van der Waals surface area contributed by atoms with Gasteiger partial charge in [0.05, 0.1) is 5.69 Å². The molecular formula is C15H19N3O2. The van der Waals surface area contributed by atoms with E-state index in [1.807, 2.05) is 44.2 Å². The second-order valence-electron chi connectivity index (χ2n) is 4.82. The highest BCUT2D eigenvalue weighted by molar-refractivity contribution is 5.21. The zero-order valence-electron chi connectivity index (χ0n) is 11.7. The maximum absolute atomic E-state index is 11.6. The number of aromatic amines is 1. The highest BCUT2D eigenvalue weighted by atomic mass is 16.5. The van der Waals surface area contributed by atoms with E-state index in [4.69, 9.17) is 4.74 Å². The molecule has 0 unspecified atom stereocenters. The van der Waals surface area contributed by atoms with Gasteiger partial charge >= 0.3 is 0 Å². The zero-order valence-corrected chi connectivity index (χ0v) is 11.7. The maximum Gasteiger partial charge on any atom is 0.251 e. The first-order valence-electron chi connectivity index (χ1n) is 6.64. The van der Waals surface area contributed by atoms with Crippen LogP contribution in [0.15, 0.2) is 41.2 Å². The molecule has 0 atom stereocenters. The monoisotopic (exact) mass is 273 g/mol. The summed E-state index contributed by atoms with van der Waals surface area (Å²) in [7, 11) is 0. The van der Waals surface area contributed by atoms with Gasteiger partial charge in [0.2, 0.25) is 0 Å². The topological polar surface area (TPSA) is 67.0 Å². The molecule has 5 nitrogen and oxygen atoms in total. The Balaban J connectivity index is 2.02. The van der Waals surface area contributed by atoms with Gasteiger partial charge in [-0.15, -0.1) is 0 Å². The number of ether oxygens (including phenoxy) is 1. The SMILES string of the molecule is CC(C)NCc1cc(=O)[nH]c(COc2ccccc2)n1. The summed E-state index contributed by atoms with van der Waals surface area (Å²) < 4.78 is 5.57. The number of aromatic nitrogens is 2. The summed E-state index contributed by atoms with van der Waals surface area (Å²) in [5.74, 6) is 1.28. The van der Waals surface area contributed by atoms with E-state index in [2.05, 4.69) is 15.3 Å². The van der Waals surface area contributed by atoms with Crippen LogP contribution in [-0.2, 0) is 13.2 Å². The van der Waals surface area contributed by atoms with Crippen molar-refractivity contribution < 1.29 is 4.74 Å². The number of nitrogens with zero attached hydrogens (tertiary/aromatic N) is 1. The third-order valence-corrected chi connectivity index (χ3v) is 2.65. The molecule has 0 aliphatic heterocycles. The van der Waals surface area contributed by atoms with Crippen molar-refractivity contribution in [3.63, 3.8) is 0 Å². The Hall–Kier alpha value is -2.14. The molecule has 0 fully saturated rings. The van der Waals surface area contributed by atoms with E-state index in [1.54, 1.807) is 0 Å². The van der Waals surface area contributed by atoms with Crippen molar-refractivity contribution in [3.8, 4) is 5.75 Å². The number of hydrogen-bond acceptors (Lipinski definition) is 4. The summed E-state index contributed by atoms with van der Waals surface area (Å²) in [5, 5.41) is 3.23. The highest BCUT2D eigenvalue weighted by Crippen LogP contribution is 2.09. The molecule has 0 saturated heterocycles. The Kier molecular flexibility index (Phi) is 4.90. The minimum absolute atomic E-state index is 0.160. The van der Waals surface area contributed by atoms with E-state index in [0.29, 0.717) is 24.1 Å². The van der Waals surface area contributed by atoms with Crippen LogP contribution in [0.25, 0.3) is 0 Å². The molecule has 106 valence electrons. The van der Waals surface area contributed by atoms with E-state index in [-0.39, 0.29) is 12.2 Å². The fourth-order valence-corrected chi connectivity index (χ4v) is 1.70. The number of rotatable bonds is 6. The van der Waals surface area contributed by atoms with Gasteiger partial charge in [-0.1, -0.05) is 32.0 Å². The third-order valence-electron chi connectivity index (χ3n) is 2.65. The molecule has 2 rings (SSSR count). The molecule has 0 amide bonds. The Morgan fingerprint density at radius 3 is 2.75 bits per heavy atom.